The first-order valence-electron chi connectivity index (χ1n) is 4.93. The van der Waals surface area contributed by atoms with E-state index in [0.717, 1.165) is 17.6 Å². The summed E-state index contributed by atoms with van der Waals surface area (Å²) in [5.74, 6) is 0. The average Bonchev–Trinajstić information content (AvgIpc) is 2.25. The summed E-state index contributed by atoms with van der Waals surface area (Å²) in [4.78, 5) is 0. The molecule has 0 aromatic heterocycles. The van der Waals surface area contributed by atoms with Crippen molar-refractivity contribution in [2.24, 2.45) is 0 Å². The lowest BCUT2D eigenvalue weighted by molar-refractivity contribution is 1.20. The van der Waals surface area contributed by atoms with Gasteiger partial charge in [-0.05, 0) is 29.7 Å². The van der Waals surface area contributed by atoms with Crippen LogP contribution in [0.1, 0.15) is 11.1 Å². The highest BCUT2D eigenvalue weighted by Gasteiger charge is 1.95. The first-order valence-corrected chi connectivity index (χ1v) is 4.93. The van der Waals surface area contributed by atoms with Crippen molar-refractivity contribution in [3.63, 3.8) is 0 Å². The molecule has 2 radical (unpaired) electrons. The van der Waals surface area contributed by atoms with E-state index < -0.39 is 0 Å². The molecule has 0 amide bonds. The van der Waals surface area contributed by atoms with Gasteiger partial charge in [0, 0.05) is 5.69 Å². The van der Waals surface area contributed by atoms with Gasteiger partial charge in [0.2, 0.25) is 0 Å². The van der Waals surface area contributed by atoms with Crippen LogP contribution in [0.4, 0.5) is 5.69 Å². The maximum absolute atomic E-state index is 5.62. The molecule has 0 spiro atoms. The fourth-order valence-corrected chi connectivity index (χ4v) is 1.51. The third kappa shape index (κ3) is 2.63. The molecular formula is C13H12BN. The molecule has 1 nitrogen and oxygen atoms in total. The molecule has 0 fully saturated rings. The van der Waals surface area contributed by atoms with E-state index in [1.165, 1.54) is 11.1 Å². The van der Waals surface area contributed by atoms with E-state index in [4.69, 9.17) is 13.6 Å². The molecule has 2 aromatic rings. The Labute approximate surface area is 91.3 Å². The lowest BCUT2D eigenvalue weighted by Crippen LogP contribution is -2.00. The van der Waals surface area contributed by atoms with E-state index in [0.29, 0.717) is 0 Å². The summed E-state index contributed by atoms with van der Waals surface area (Å²) in [5.41, 5.74) is 9.74. The molecule has 2 aromatic carbocycles. The molecule has 72 valence electrons. The molecule has 0 aliphatic heterocycles. The molecule has 0 aliphatic carbocycles. The number of hydrogen-bond acceptors (Lipinski definition) is 1. The van der Waals surface area contributed by atoms with Gasteiger partial charge < -0.3 is 5.73 Å². The standard InChI is InChI=1S/C13H12BN/c14-12-5-1-10(2-6-12)9-11-3-7-13(15)8-4-11/h1-8H,9,15H2. The monoisotopic (exact) mass is 193 g/mol. The Hall–Kier alpha value is -1.70. The third-order valence-corrected chi connectivity index (χ3v) is 2.37. The highest BCUT2D eigenvalue weighted by Crippen LogP contribution is 2.10. The molecule has 0 aliphatic rings. The quantitative estimate of drug-likeness (QED) is 0.569. The van der Waals surface area contributed by atoms with Crippen LogP contribution in [0.3, 0.4) is 0 Å². The molecule has 0 saturated heterocycles. The minimum atomic E-state index is 0.802. The number of hydrogen-bond donors (Lipinski definition) is 1. The predicted molar refractivity (Wildman–Crippen MR) is 65.5 cm³/mol. The van der Waals surface area contributed by atoms with Crippen LogP contribution in [0.15, 0.2) is 48.5 Å². The lowest BCUT2D eigenvalue weighted by atomic mass is 9.94. The van der Waals surface area contributed by atoms with Gasteiger partial charge in [0.25, 0.3) is 0 Å². The Morgan fingerprint density at radius 3 is 1.80 bits per heavy atom. The molecule has 0 atom stereocenters. The Balaban J connectivity index is 2.15. The van der Waals surface area contributed by atoms with Gasteiger partial charge in [-0.25, -0.2) is 0 Å². The van der Waals surface area contributed by atoms with Gasteiger partial charge in [0.1, 0.15) is 7.85 Å². The van der Waals surface area contributed by atoms with E-state index in [1.807, 2.05) is 48.5 Å². The second-order valence-corrected chi connectivity index (χ2v) is 3.66. The Morgan fingerprint density at radius 2 is 1.27 bits per heavy atom. The smallest absolute Gasteiger partial charge is 0.113 e. The normalized spacial score (nSPS) is 10.1. The fourth-order valence-electron chi connectivity index (χ4n) is 1.51. The van der Waals surface area contributed by atoms with Gasteiger partial charge in [-0.15, -0.1) is 0 Å². The van der Waals surface area contributed by atoms with Crippen molar-refractivity contribution < 1.29 is 0 Å². The van der Waals surface area contributed by atoms with Gasteiger partial charge in [0.05, 0.1) is 0 Å². The van der Waals surface area contributed by atoms with Crippen molar-refractivity contribution in [1.82, 2.24) is 0 Å². The van der Waals surface area contributed by atoms with Crippen molar-refractivity contribution in [3.8, 4) is 0 Å². The van der Waals surface area contributed by atoms with Crippen LogP contribution < -0.4 is 11.2 Å². The number of nitrogens with two attached hydrogens (primary N) is 1. The summed E-state index contributed by atoms with van der Waals surface area (Å²) in [7, 11) is 5.62. The Bertz CT molecular complexity index is 388. The summed E-state index contributed by atoms with van der Waals surface area (Å²) in [6.45, 7) is 0. The molecule has 2 rings (SSSR count). The Morgan fingerprint density at radius 1 is 0.800 bits per heavy atom. The molecule has 0 saturated carbocycles. The third-order valence-electron chi connectivity index (χ3n) is 2.37. The minimum absolute atomic E-state index is 0.802. The highest BCUT2D eigenvalue weighted by atomic mass is 14.5. The zero-order chi connectivity index (χ0) is 10.7. The summed E-state index contributed by atoms with van der Waals surface area (Å²) in [5, 5.41) is 0. The summed E-state index contributed by atoms with van der Waals surface area (Å²) >= 11 is 0. The average molecular weight is 193 g/mol. The summed E-state index contributed by atoms with van der Waals surface area (Å²) in [6.07, 6.45) is 0.917. The maximum Gasteiger partial charge on any atom is 0.113 e. The van der Waals surface area contributed by atoms with Crippen molar-refractivity contribution in [3.05, 3.63) is 59.7 Å². The zero-order valence-corrected chi connectivity index (χ0v) is 8.48. The second-order valence-electron chi connectivity index (χ2n) is 3.66. The van der Waals surface area contributed by atoms with Crippen molar-refractivity contribution in [1.29, 1.82) is 0 Å². The van der Waals surface area contributed by atoms with E-state index in [1.54, 1.807) is 0 Å². The second kappa shape index (κ2) is 4.22. The molecule has 0 unspecified atom stereocenters. The molecule has 0 heterocycles. The first kappa shape index (κ1) is 9.84. The summed E-state index contributed by atoms with van der Waals surface area (Å²) in [6, 6.07) is 15.9. The minimum Gasteiger partial charge on any atom is -0.399 e. The number of benzene rings is 2. The molecule has 2 heteroatoms. The van der Waals surface area contributed by atoms with E-state index in [-0.39, 0.29) is 0 Å². The van der Waals surface area contributed by atoms with Crippen LogP contribution in [0.5, 0.6) is 0 Å². The maximum atomic E-state index is 5.62. The van der Waals surface area contributed by atoms with Gasteiger partial charge in [0.15, 0.2) is 0 Å². The largest absolute Gasteiger partial charge is 0.399 e. The number of nitrogen functional groups attached to an aromatic ring is 1. The van der Waals surface area contributed by atoms with E-state index >= 15 is 0 Å². The molecule has 0 bridgehead atoms. The number of rotatable bonds is 2. The van der Waals surface area contributed by atoms with Crippen LogP contribution in [0, 0.1) is 0 Å². The molecule has 2 N–H and O–H groups in total. The van der Waals surface area contributed by atoms with Crippen LogP contribution in [-0.4, -0.2) is 7.85 Å². The van der Waals surface area contributed by atoms with Crippen LogP contribution in [0.2, 0.25) is 0 Å². The first-order chi connectivity index (χ1) is 7.24. The SMILES string of the molecule is [B]c1ccc(Cc2ccc(N)cc2)cc1. The van der Waals surface area contributed by atoms with Gasteiger partial charge in [-0.2, -0.15) is 0 Å². The van der Waals surface area contributed by atoms with Gasteiger partial charge in [-0.1, -0.05) is 41.9 Å². The lowest BCUT2D eigenvalue weighted by Gasteiger charge is -2.03. The molecule has 15 heavy (non-hydrogen) atoms. The van der Waals surface area contributed by atoms with Crippen LogP contribution >= 0.6 is 0 Å². The predicted octanol–water partition coefficient (Wildman–Crippen LogP) is 1.65. The van der Waals surface area contributed by atoms with Gasteiger partial charge in [-0.3, -0.25) is 0 Å². The Kier molecular flexibility index (Phi) is 2.77. The van der Waals surface area contributed by atoms with Crippen LogP contribution in [-0.2, 0) is 6.42 Å². The zero-order valence-electron chi connectivity index (χ0n) is 8.48. The van der Waals surface area contributed by atoms with Crippen molar-refractivity contribution in [2.75, 3.05) is 5.73 Å². The van der Waals surface area contributed by atoms with Gasteiger partial charge >= 0.3 is 0 Å². The van der Waals surface area contributed by atoms with Crippen LogP contribution in [0.25, 0.3) is 0 Å². The van der Waals surface area contributed by atoms with E-state index in [2.05, 4.69) is 0 Å². The molecular weight excluding hydrogens is 181 g/mol. The highest BCUT2D eigenvalue weighted by molar-refractivity contribution is 6.32. The topological polar surface area (TPSA) is 26.0 Å². The van der Waals surface area contributed by atoms with Crippen molar-refractivity contribution >= 4 is 19.0 Å². The number of anilines is 1. The van der Waals surface area contributed by atoms with Crippen molar-refractivity contribution in [2.45, 2.75) is 6.42 Å². The van der Waals surface area contributed by atoms with E-state index in [9.17, 15) is 0 Å². The fraction of sp³-hybridized carbons (Fsp3) is 0.0769. The summed E-state index contributed by atoms with van der Waals surface area (Å²) < 4.78 is 0.